The van der Waals surface area contributed by atoms with Crippen LogP contribution in [0.2, 0.25) is 0 Å². The predicted molar refractivity (Wildman–Crippen MR) is 97.3 cm³/mol. The molecule has 1 saturated heterocycles. The molecule has 2 aromatic carbocycles. The third-order valence-corrected chi connectivity index (χ3v) is 4.70. The highest BCUT2D eigenvalue weighted by atomic mass is 19.4. The molecule has 0 bridgehead atoms. The molecule has 0 radical (unpaired) electrons. The van der Waals surface area contributed by atoms with Crippen molar-refractivity contribution >= 4 is 11.0 Å². The zero-order chi connectivity index (χ0) is 19.6. The highest BCUT2D eigenvalue weighted by Crippen LogP contribution is 2.31. The van der Waals surface area contributed by atoms with Crippen LogP contribution in [0, 0.1) is 0 Å². The summed E-state index contributed by atoms with van der Waals surface area (Å²) in [6.45, 7) is 3.56. The largest absolute Gasteiger partial charge is 0.573 e. The molecule has 0 unspecified atom stereocenters. The van der Waals surface area contributed by atoms with E-state index >= 15 is 0 Å². The van der Waals surface area contributed by atoms with Crippen LogP contribution >= 0.6 is 0 Å². The number of nitrogens with zero attached hydrogens (tertiary/aromatic N) is 2. The molecule has 1 aromatic heterocycles. The maximum atomic E-state index is 12.3. The first kappa shape index (κ1) is 18.6. The number of alkyl halides is 3. The van der Waals surface area contributed by atoms with Gasteiger partial charge in [-0.15, -0.1) is 13.2 Å². The zero-order valence-corrected chi connectivity index (χ0v) is 15.0. The summed E-state index contributed by atoms with van der Waals surface area (Å²) in [5.74, 6) is 0.168. The van der Waals surface area contributed by atoms with Gasteiger partial charge in [-0.2, -0.15) is 0 Å². The van der Waals surface area contributed by atoms with Crippen LogP contribution in [0.5, 0.6) is 11.6 Å². The molecule has 3 aromatic rings. The lowest BCUT2D eigenvalue weighted by atomic mass is 10.0. The first-order chi connectivity index (χ1) is 13.5. The van der Waals surface area contributed by atoms with E-state index in [0.29, 0.717) is 18.1 Å². The summed E-state index contributed by atoms with van der Waals surface area (Å²) in [5, 5.41) is 4.72. The number of hydrogen-bond acceptors (Lipinski definition) is 5. The van der Waals surface area contributed by atoms with Gasteiger partial charge in [0.2, 0.25) is 0 Å². The van der Waals surface area contributed by atoms with Gasteiger partial charge in [-0.05, 0) is 66.5 Å². The van der Waals surface area contributed by atoms with Crippen molar-refractivity contribution in [1.82, 2.24) is 10.1 Å². The molecular weight excluding hydrogens is 373 g/mol. The topological polar surface area (TPSA) is 47.7 Å². The summed E-state index contributed by atoms with van der Waals surface area (Å²) in [6, 6.07) is 11.2. The maximum absolute atomic E-state index is 12.3. The van der Waals surface area contributed by atoms with Gasteiger partial charge < -0.3 is 14.0 Å². The lowest BCUT2D eigenvalue weighted by Crippen LogP contribution is -2.25. The quantitative estimate of drug-likeness (QED) is 0.599. The highest BCUT2D eigenvalue weighted by molar-refractivity contribution is 5.87. The molecule has 0 amide bonds. The van der Waals surface area contributed by atoms with Gasteiger partial charge in [-0.1, -0.05) is 18.2 Å². The van der Waals surface area contributed by atoms with Gasteiger partial charge in [0, 0.05) is 6.54 Å². The molecule has 0 aliphatic carbocycles. The van der Waals surface area contributed by atoms with Gasteiger partial charge in [-0.3, -0.25) is 4.90 Å². The number of halogens is 3. The Kier molecular flexibility index (Phi) is 5.13. The van der Waals surface area contributed by atoms with Crippen LogP contribution in [0.3, 0.4) is 0 Å². The van der Waals surface area contributed by atoms with Crippen molar-refractivity contribution in [3.05, 3.63) is 42.5 Å². The van der Waals surface area contributed by atoms with Crippen molar-refractivity contribution in [2.45, 2.75) is 19.2 Å². The standard InChI is InChI=1S/C20H19F3N2O3/c21-20(22,23)27-16-6-3-14(4-7-16)15-5-8-18-17(13-15)19(24-28-18)26-12-11-25-9-1-2-10-25/h3-8,13H,1-2,9-12H2. The molecule has 0 saturated carbocycles. The minimum Gasteiger partial charge on any atom is -0.474 e. The van der Waals surface area contributed by atoms with Crippen molar-refractivity contribution in [1.29, 1.82) is 0 Å². The first-order valence-corrected chi connectivity index (χ1v) is 9.09. The van der Waals surface area contributed by atoms with E-state index < -0.39 is 6.36 Å². The van der Waals surface area contributed by atoms with Crippen molar-refractivity contribution < 1.29 is 27.2 Å². The Morgan fingerprint density at radius 3 is 2.43 bits per heavy atom. The fourth-order valence-electron chi connectivity index (χ4n) is 3.33. The Balaban J connectivity index is 1.48. The Labute approximate surface area is 159 Å². The minimum absolute atomic E-state index is 0.256. The Morgan fingerprint density at radius 1 is 1.00 bits per heavy atom. The van der Waals surface area contributed by atoms with E-state index in [1.807, 2.05) is 12.1 Å². The lowest BCUT2D eigenvalue weighted by molar-refractivity contribution is -0.274. The minimum atomic E-state index is -4.70. The van der Waals surface area contributed by atoms with Crippen LogP contribution in [-0.2, 0) is 0 Å². The van der Waals surface area contributed by atoms with Crippen molar-refractivity contribution in [3.63, 3.8) is 0 Å². The van der Waals surface area contributed by atoms with Crippen LogP contribution in [0.15, 0.2) is 47.0 Å². The summed E-state index contributed by atoms with van der Waals surface area (Å²) in [4.78, 5) is 2.35. The summed E-state index contributed by atoms with van der Waals surface area (Å²) in [7, 11) is 0. The summed E-state index contributed by atoms with van der Waals surface area (Å²) >= 11 is 0. The van der Waals surface area contributed by atoms with E-state index in [4.69, 9.17) is 9.26 Å². The fraction of sp³-hybridized carbons (Fsp3) is 0.350. The molecule has 4 rings (SSSR count). The van der Waals surface area contributed by atoms with Crippen molar-refractivity contribution in [3.8, 4) is 22.8 Å². The van der Waals surface area contributed by atoms with Crippen molar-refractivity contribution in [2.24, 2.45) is 0 Å². The van der Waals surface area contributed by atoms with E-state index in [1.54, 1.807) is 18.2 Å². The predicted octanol–water partition coefficient (Wildman–Crippen LogP) is 4.87. The molecule has 1 aliphatic heterocycles. The third kappa shape index (κ3) is 4.39. The van der Waals surface area contributed by atoms with E-state index in [1.165, 1.54) is 25.0 Å². The fourth-order valence-corrected chi connectivity index (χ4v) is 3.33. The number of benzene rings is 2. The Morgan fingerprint density at radius 2 is 1.71 bits per heavy atom. The van der Waals surface area contributed by atoms with Gasteiger partial charge in [0.1, 0.15) is 12.4 Å². The van der Waals surface area contributed by atoms with Gasteiger partial charge in [0.25, 0.3) is 5.88 Å². The SMILES string of the molecule is FC(F)(F)Oc1ccc(-c2ccc3onc(OCCN4CCCC4)c3c2)cc1. The molecule has 8 heteroatoms. The first-order valence-electron chi connectivity index (χ1n) is 9.09. The van der Waals surface area contributed by atoms with Gasteiger partial charge in [-0.25, -0.2) is 0 Å². The van der Waals surface area contributed by atoms with E-state index in [9.17, 15) is 13.2 Å². The smallest absolute Gasteiger partial charge is 0.474 e. The average molecular weight is 392 g/mol. The molecule has 1 fully saturated rings. The van der Waals surface area contributed by atoms with Gasteiger partial charge in [0.15, 0.2) is 5.58 Å². The highest BCUT2D eigenvalue weighted by Gasteiger charge is 2.31. The second kappa shape index (κ2) is 7.71. The molecule has 0 N–H and O–H groups in total. The Bertz CT molecular complexity index is 932. The van der Waals surface area contributed by atoms with E-state index in [0.717, 1.165) is 36.1 Å². The average Bonchev–Trinajstić information content (AvgIpc) is 3.31. The van der Waals surface area contributed by atoms with Gasteiger partial charge >= 0.3 is 6.36 Å². The van der Waals surface area contributed by atoms with Crippen LogP contribution in [-0.4, -0.2) is 42.7 Å². The molecular formula is C20H19F3N2O3. The van der Waals surface area contributed by atoms with Crippen LogP contribution < -0.4 is 9.47 Å². The number of likely N-dealkylation sites (tertiary alicyclic amines) is 1. The van der Waals surface area contributed by atoms with Crippen LogP contribution in [0.1, 0.15) is 12.8 Å². The maximum Gasteiger partial charge on any atom is 0.573 e. The molecule has 5 nitrogen and oxygen atoms in total. The number of fused-ring (bicyclic) bond motifs is 1. The van der Waals surface area contributed by atoms with Gasteiger partial charge in [0.05, 0.1) is 5.39 Å². The summed E-state index contributed by atoms with van der Waals surface area (Å²) in [5.41, 5.74) is 2.16. The Hall–Kier alpha value is -2.74. The van der Waals surface area contributed by atoms with Crippen molar-refractivity contribution in [2.75, 3.05) is 26.2 Å². The molecule has 28 heavy (non-hydrogen) atoms. The van der Waals surface area contributed by atoms with E-state index in [-0.39, 0.29) is 5.75 Å². The van der Waals surface area contributed by atoms with Crippen LogP contribution in [0.4, 0.5) is 13.2 Å². The molecule has 1 aliphatic rings. The second-order valence-corrected chi connectivity index (χ2v) is 6.67. The van der Waals surface area contributed by atoms with E-state index in [2.05, 4.69) is 14.8 Å². The monoisotopic (exact) mass is 392 g/mol. The molecule has 148 valence electrons. The normalized spacial score (nSPS) is 15.2. The van der Waals surface area contributed by atoms with Crippen LogP contribution in [0.25, 0.3) is 22.1 Å². The summed E-state index contributed by atoms with van der Waals surface area (Å²) in [6.07, 6.45) is -2.25. The number of aromatic nitrogens is 1. The second-order valence-electron chi connectivity index (χ2n) is 6.67. The molecule has 0 atom stereocenters. The number of rotatable bonds is 6. The third-order valence-electron chi connectivity index (χ3n) is 4.70. The molecule has 2 heterocycles. The molecule has 0 spiro atoms. The lowest BCUT2D eigenvalue weighted by Gasteiger charge is -2.13. The number of hydrogen-bond donors (Lipinski definition) is 0. The zero-order valence-electron chi connectivity index (χ0n) is 15.0. The number of ether oxygens (including phenoxy) is 2. The summed E-state index contributed by atoms with van der Waals surface area (Å²) < 4.78 is 51.9.